The summed E-state index contributed by atoms with van der Waals surface area (Å²) < 4.78 is 43.7. The Balaban J connectivity index is 1.97. The third-order valence-electron chi connectivity index (χ3n) is 3.62. The van der Waals surface area contributed by atoms with Crippen LogP contribution in [0.25, 0.3) is 0 Å². The van der Waals surface area contributed by atoms with Crippen LogP contribution in [0.4, 0.5) is 19.0 Å². The number of aromatic nitrogens is 2. The maximum absolute atomic E-state index is 12.7. The number of hydrogen-bond acceptors (Lipinski definition) is 5. The van der Waals surface area contributed by atoms with E-state index < -0.39 is 12.2 Å². The van der Waals surface area contributed by atoms with Gasteiger partial charge in [0.25, 0.3) is 0 Å². The molecule has 2 heterocycles. The molecule has 124 valence electrons. The monoisotopic (exact) mass is 318 g/mol. The molecule has 8 heteroatoms. The van der Waals surface area contributed by atoms with Gasteiger partial charge in [-0.25, -0.2) is 0 Å². The first-order chi connectivity index (χ1) is 10.3. The Labute approximate surface area is 128 Å². The van der Waals surface area contributed by atoms with Crippen LogP contribution in [0.5, 0.6) is 5.88 Å². The number of hydrogen-bond donors (Lipinski definition) is 0. The maximum Gasteiger partial charge on any atom is 0.403 e. The Bertz CT molecular complexity index is 487. The Morgan fingerprint density at radius 3 is 2.27 bits per heavy atom. The van der Waals surface area contributed by atoms with E-state index in [1.807, 2.05) is 18.7 Å². The molecule has 0 amide bonds. The fourth-order valence-electron chi connectivity index (χ4n) is 2.33. The molecule has 1 unspecified atom stereocenters. The molecule has 0 saturated carbocycles. The van der Waals surface area contributed by atoms with E-state index in [9.17, 15) is 13.2 Å². The van der Waals surface area contributed by atoms with Gasteiger partial charge in [0.2, 0.25) is 5.88 Å². The highest BCUT2D eigenvalue weighted by Gasteiger charge is 2.40. The summed E-state index contributed by atoms with van der Waals surface area (Å²) in [5.74, 6) is 1.07. The highest BCUT2D eigenvalue weighted by Crippen LogP contribution is 2.26. The molecule has 1 fully saturated rings. The fraction of sp³-hybridized carbons (Fsp3) is 0.714. The number of piperazine rings is 1. The van der Waals surface area contributed by atoms with Gasteiger partial charge in [0.15, 0.2) is 5.82 Å². The van der Waals surface area contributed by atoms with Crippen molar-refractivity contribution in [3.8, 4) is 5.88 Å². The smallest absolute Gasteiger partial charge is 0.403 e. The number of halogens is 3. The summed E-state index contributed by atoms with van der Waals surface area (Å²) in [5, 5.41) is 0. The number of nitrogens with zero attached hydrogens (tertiary/aromatic N) is 4. The molecule has 0 spiro atoms. The Hall–Kier alpha value is -1.57. The van der Waals surface area contributed by atoms with Crippen molar-refractivity contribution >= 4 is 5.82 Å². The zero-order chi connectivity index (χ0) is 16.3. The SMILES string of the molecule is CC(C)Oc1cncc(N2CCN(C(C)C(F)(F)F)CC2)n1. The normalized spacial score (nSPS) is 18.6. The van der Waals surface area contributed by atoms with Crippen molar-refractivity contribution < 1.29 is 17.9 Å². The van der Waals surface area contributed by atoms with Gasteiger partial charge in [-0.3, -0.25) is 9.88 Å². The van der Waals surface area contributed by atoms with Crippen molar-refractivity contribution in [1.29, 1.82) is 0 Å². The van der Waals surface area contributed by atoms with E-state index in [0.717, 1.165) is 0 Å². The van der Waals surface area contributed by atoms with E-state index in [4.69, 9.17) is 4.74 Å². The van der Waals surface area contributed by atoms with Gasteiger partial charge in [-0.15, -0.1) is 0 Å². The summed E-state index contributed by atoms with van der Waals surface area (Å²) in [6, 6.07) is -1.42. The summed E-state index contributed by atoms with van der Waals surface area (Å²) >= 11 is 0. The van der Waals surface area contributed by atoms with Crippen molar-refractivity contribution in [3.05, 3.63) is 12.4 Å². The van der Waals surface area contributed by atoms with Gasteiger partial charge < -0.3 is 9.64 Å². The predicted molar refractivity (Wildman–Crippen MR) is 77.1 cm³/mol. The van der Waals surface area contributed by atoms with Crippen molar-refractivity contribution in [2.75, 3.05) is 31.1 Å². The predicted octanol–water partition coefficient (Wildman–Crippen LogP) is 2.34. The molecular weight excluding hydrogens is 297 g/mol. The molecule has 2 rings (SSSR count). The Kier molecular flexibility index (Phi) is 5.10. The molecule has 1 saturated heterocycles. The first-order valence-electron chi connectivity index (χ1n) is 7.32. The minimum atomic E-state index is -4.19. The van der Waals surface area contributed by atoms with Crippen LogP contribution in [0.15, 0.2) is 12.4 Å². The average Bonchev–Trinajstić information content (AvgIpc) is 2.45. The van der Waals surface area contributed by atoms with Crippen molar-refractivity contribution in [2.24, 2.45) is 0 Å². The molecule has 0 radical (unpaired) electrons. The lowest BCUT2D eigenvalue weighted by atomic mass is 10.2. The van der Waals surface area contributed by atoms with Gasteiger partial charge in [-0.1, -0.05) is 0 Å². The lowest BCUT2D eigenvalue weighted by Gasteiger charge is -2.38. The van der Waals surface area contributed by atoms with Gasteiger partial charge in [0.1, 0.15) is 6.04 Å². The molecule has 1 aliphatic heterocycles. The average molecular weight is 318 g/mol. The Morgan fingerprint density at radius 1 is 1.09 bits per heavy atom. The minimum absolute atomic E-state index is 0.00553. The van der Waals surface area contributed by atoms with Crippen molar-refractivity contribution in [2.45, 2.75) is 39.1 Å². The van der Waals surface area contributed by atoms with Crippen LogP contribution in [0.1, 0.15) is 20.8 Å². The topological polar surface area (TPSA) is 41.5 Å². The molecule has 0 aliphatic carbocycles. The van der Waals surface area contributed by atoms with E-state index in [0.29, 0.717) is 37.9 Å². The molecule has 5 nitrogen and oxygen atoms in total. The first kappa shape index (κ1) is 16.8. The fourth-order valence-corrected chi connectivity index (χ4v) is 2.33. The van der Waals surface area contributed by atoms with Gasteiger partial charge in [-0.05, 0) is 20.8 Å². The van der Waals surface area contributed by atoms with Crippen LogP contribution in [0.3, 0.4) is 0 Å². The third-order valence-corrected chi connectivity index (χ3v) is 3.62. The zero-order valence-electron chi connectivity index (χ0n) is 13.0. The number of alkyl halides is 3. The van der Waals surface area contributed by atoms with Gasteiger partial charge in [0.05, 0.1) is 18.5 Å². The van der Waals surface area contributed by atoms with Crippen LogP contribution < -0.4 is 9.64 Å². The highest BCUT2D eigenvalue weighted by molar-refractivity contribution is 5.38. The van der Waals surface area contributed by atoms with Crippen LogP contribution in [0.2, 0.25) is 0 Å². The summed E-state index contributed by atoms with van der Waals surface area (Å²) in [5.41, 5.74) is 0. The lowest BCUT2D eigenvalue weighted by Crippen LogP contribution is -2.53. The molecule has 0 bridgehead atoms. The maximum atomic E-state index is 12.7. The molecule has 1 aromatic rings. The van der Waals surface area contributed by atoms with Gasteiger partial charge in [-0.2, -0.15) is 18.2 Å². The van der Waals surface area contributed by atoms with E-state index in [2.05, 4.69) is 9.97 Å². The van der Waals surface area contributed by atoms with E-state index in [1.165, 1.54) is 18.0 Å². The first-order valence-corrected chi connectivity index (χ1v) is 7.32. The van der Waals surface area contributed by atoms with E-state index in [-0.39, 0.29) is 6.10 Å². The zero-order valence-corrected chi connectivity index (χ0v) is 13.0. The summed E-state index contributed by atoms with van der Waals surface area (Å²) in [6.45, 7) is 6.65. The minimum Gasteiger partial charge on any atom is -0.474 e. The third kappa shape index (κ3) is 4.22. The van der Waals surface area contributed by atoms with Crippen LogP contribution in [-0.4, -0.2) is 59.4 Å². The highest BCUT2D eigenvalue weighted by atomic mass is 19.4. The van der Waals surface area contributed by atoms with Crippen molar-refractivity contribution in [1.82, 2.24) is 14.9 Å². The number of anilines is 1. The lowest BCUT2D eigenvalue weighted by molar-refractivity contribution is -0.179. The van der Waals surface area contributed by atoms with Crippen LogP contribution in [-0.2, 0) is 0 Å². The van der Waals surface area contributed by atoms with Gasteiger partial charge in [0, 0.05) is 26.2 Å². The standard InChI is InChI=1S/C14H21F3N4O/c1-10(2)22-13-9-18-8-12(19-13)21-6-4-20(5-7-21)11(3)14(15,16)17/h8-11H,4-7H2,1-3H3. The molecule has 1 aliphatic rings. The van der Waals surface area contributed by atoms with Gasteiger partial charge >= 0.3 is 6.18 Å². The summed E-state index contributed by atoms with van der Waals surface area (Å²) in [4.78, 5) is 11.8. The summed E-state index contributed by atoms with van der Waals surface area (Å²) in [6.07, 6.45) is -1.05. The largest absolute Gasteiger partial charge is 0.474 e. The van der Waals surface area contributed by atoms with Crippen LogP contribution in [0, 0.1) is 0 Å². The van der Waals surface area contributed by atoms with E-state index >= 15 is 0 Å². The molecule has 22 heavy (non-hydrogen) atoms. The quantitative estimate of drug-likeness (QED) is 0.852. The second-order valence-corrected chi connectivity index (χ2v) is 5.62. The molecule has 0 N–H and O–H groups in total. The second-order valence-electron chi connectivity index (χ2n) is 5.62. The molecule has 1 aromatic heterocycles. The van der Waals surface area contributed by atoms with Crippen LogP contribution >= 0.6 is 0 Å². The molecule has 0 aromatic carbocycles. The molecule has 1 atom stereocenters. The van der Waals surface area contributed by atoms with Crippen molar-refractivity contribution in [3.63, 3.8) is 0 Å². The Morgan fingerprint density at radius 2 is 1.73 bits per heavy atom. The number of rotatable bonds is 4. The summed E-state index contributed by atoms with van der Waals surface area (Å²) in [7, 11) is 0. The van der Waals surface area contributed by atoms with E-state index in [1.54, 1.807) is 6.20 Å². The number of ether oxygens (including phenoxy) is 1. The second kappa shape index (κ2) is 6.68. The molecular formula is C14H21F3N4O.